The highest BCUT2D eigenvalue weighted by molar-refractivity contribution is 5.97. The molecule has 1 N–H and O–H groups in total. The molecule has 0 saturated carbocycles. The molecule has 1 atom stereocenters. The number of carbonyl (C=O) groups is 1. The van der Waals surface area contributed by atoms with E-state index in [4.69, 9.17) is 0 Å². The number of aromatic nitrogens is 2. The van der Waals surface area contributed by atoms with Crippen LogP contribution in [0.15, 0.2) is 42.5 Å². The van der Waals surface area contributed by atoms with Crippen molar-refractivity contribution in [3.63, 3.8) is 0 Å². The highest BCUT2D eigenvalue weighted by Gasteiger charge is 2.20. The molecule has 0 aliphatic carbocycles. The first-order valence-corrected chi connectivity index (χ1v) is 7.77. The molecule has 0 fully saturated rings. The fourth-order valence-electron chi connectivity index (χ4n) is 3.08. The molecule has 0 radical (unpaired) electrons. The summed E-state index contributed by atoms with van der Waals surface area (Å²) in [7, 11) is 1.85. The van der Waals surface area contributed by atoms with Crippen LogP contribution in [0.25, 0.3) is 10.8 Å². The number of amides is 1. The first kappa shape index (κ1) is 15.3. The van der Waals surface area contributed by atoms with Crippen LogP contribution in [0.5, 0.6) is 0 Å². The van der Waals surface area contributed by atoms with Crippen LogP contribution in [0.4, 0.5) is 0 Å². The number of hydrogen-bond acceptors (Lipinski definition) is 2. The van der Waals surface area contributed by atoms with E-state index in [1.165, 1.54) is 10.8 Å². The van der Waals surface area contributed by atoms with E-state index >= 15 is 0 Å². The predicted molar refractivity (Wildman–Crippen MR) is 92.5 cm³/mol. The van der Waals surface area contributed by atoms with Gasteiger partial charge in [0.05, 0.1) is 17.3 Å². The van der Waals surface area contributed by atoms with Crippen molar-refractivity contribution in [1.29, 1.82) is 0 Å². The van der Waals surface area contributed by atoms with Crippen LogP contribution in [-0.4, -0.2) is 15.7 Å². The number of fused-ring (bicyclic) bond motifs is 1. The minimum atomic E-state index is -0.0763. The fourth-order valence-corrected chi connectivity index (χ4v) is 3.08. The molecule has 3 aromatic rings. The van der Waals surface area contributed by atoms with Gasteiger partial charge < -0.3 is 5.32 Å². The number of aryl methyl sites for hydroxylation is 2. The summed E-state index contributed by atoms with van der Waals surface area (Å²) >= 11 is 0. The van der Waals surface area contributed by atoms with E-state index in [1.54, 1.807) is 4.68 Å². The monoisotopic (exact) mass is 307 g/mol. The average Bonchev–Trinajstić information content (AvgIpc) is 2.79. The van der Waals surface area contributed by atoms with Crippen molar-refractivity contribution >= 4 is 16.7 Å². The molecule has 0 unspecified atom stereocenters. The highest BCUT2D eigenvalue weighted by atomic mass is 16.1. The van der Waals surface area contributed by atoms with Crippen molar-refractivity contribution in [2.75, 3.05) is 0 Å². The number of nitrogens with zero attached hydrogens (tertiary/aromatic N) is 2. The van der Waals surface area contributed by atoms with E-state index in [2.05, 4.69) is 34.7 Å². The van der Waals surface area contributed by atoms with Crippen LogP contribution in [0.3, 0.4) is 0 Å². The van der Waals surface area contributed by atoms with Crippen LogP contribution in [0.2, 0.25) is 0 Å². The second-order valence-corrected chi connectivity index (χ2v) is 5.93. The minimum Gasteiger partial charge on any atom is -0.345 e. The average molecular weight is 307 g/mol. The molecule has 0 aliphatic heterocycles. The standard InChI is InChI=1S/C19H21N3O/c1-12(16-11-7-9-15-8-5-6-10-17(15)16)20-19(23)18-13(2)21-22(4)14(18)3/h5-12H,1-4H3,(H,20,23)/t12-/m0/s1. The van der Waals surface area contributed by atoms with Gasteiger partial charge in [0.15, 0.2) is 0 Å². The van der Waals surface area contributed by atoms with Gasteiger partial charge in [-0.3, -0.25) is 9.48 Å². The zero-order valence-corrected chi connectivity index (χ0v) is 13.9. The Bertz CT molecular complexity index is 874. The Hall–Kier alpha value is -2.62. The van der Waals surface area contributed by atoms with Gasteiger partial charge in [0, 0.05) is 12.7 Å². The topological polar surface area (TPSA) is 46.9 Å². The third-order valence-electron chi connectivity index (χ3n) is 4.37. The molecule has 1 amide bonds. The Morgan fingerprint density at radius 1 is 1.13 bits per heavy atom. The number of rotatable bonds is 3. The van der Waals surface area contributed by atoms with Crippen LogP contribution >= 0.6 is 0 Å². The third kappa shape index (κ3) is 2.72. The molecule has 1 heterocycles. The van der Waals surface area contributed by atoms with Gasteiger partial charge in [-0.05, 0) is 37.1 Å². The first-order chi connectivity index (χ1) is 11.0. The summed E-state index contributed by atoms with van der Waals surface area (Å²) in [5.41, 5.74) is 3.42. The summed E-state index contributed by atoms with van der Waals surface area (Å²) in [6.45, 7) is 5.79. The molecular weight excluding hydrogens is 286 g/mol. The molecule has 0 saturated heterocycles. The summed E-state index contributed by atoms with van der Waals surface area (Å²) in [6, 6.07) is 14.3. The molecule has 0 spiro atoms. The van der Waals surface area contributed by atoms with E-state index in [0.717, 1.165) is 17.0 Å². The summed E-state index contributed by atoms with van der Waals surface area (Å²) in [6.07, 6.45) is 0. The Morgan fingerprint density at radius 2 is 1.83 bits per heavy atom. The maximum absolute atomic E-state index is 12.7. The third-order valence-corrected chi connectivity index (χ3v) is 4.37. The van der Waals surface area contributed by atoms with E-state index in [0.29, 0.717) is 5.56 Å². The smallest absolute Gasteiger partial charge is 0.255 e. The molecule has 4 nitrogen and oxygen atoms in total. The zero-order chi connectivity index (χ0) is 16.6. The molecule has 3 rings (SSSR count). The van der Waals surface area contributed by atoms with Crippen LogP contribution < -0.4 is 5.32 Å². The van der Waals surface area contributed by atoms with Crippen molar-refractivity contribution < 1.29 is 4.79 Å². The maximum Gasteiger partial charge on any atom is 0.255 e. The Balaban J connectivity index is 1.92. The molecule has 1 aromatic heterocycles. The van der Waals surface area contributed by atoms with E-state index in [9.17, 15) is 4.79 Å². The fraction of sp³-hybridized carbons (Fsp3) is 0.263. The summed E-state index contributed by atoms with van der Waals surface area (Å²) in [5, 5.41) is 9.77. The van der Waals surface area contributed by atoms with E-state index < -0.39 is 0 Å². The maximum atomic E-state index is 12.7. The van der Waals surface area contributed by atoms with Crippen molar-refractivity contribution in [2.45, 2.75) is 26.8 Å². The number of carbonyl (C=O) groups excluding carboxylic acids is 1. The second-order valence-electron chi connectivity index (χ2n) is 5.93. The van der Waals surface area contributed by atoms with Gasteiger partial charge in [0.25, 0.3) is 5.91 Å². The SMILES string of the molecule is Cc1nn(C)c(C)c1C(=O)N[C@@H](C)c1cccc2ccccc12. The summed E-state index contributed by atoms with van der Waals surface area (Å²) < 4.78 is 1.74. The highest BCUT2D eigenvalue weighted by Crippen LogP contribution is 2.24. The van der Waals surface area contributed by atoms with Crippen molar-refractivity contribution in [3.05, 3.63) is 65.0 Å². The molecule has 0 aliphatic rings. The van der Waals surface area contributed by atoms with Gasteiger partial charge in [0.2, 0.25) is 0 Å². The summed E-state index contributed by atoms with van der Waals surface area (Å²) in [4.78, 5) is 12.7. The van der Waals surface area contributed by atoms with E-state index in [-0.39, 0.29) is 11.9 Å². The van der Waals surface area contributed by atoms with Crippen molar-refractivity contribution in [2.24, 2.45) is 7.05 Å². The molecule has 0 bridgehead atoms. The number of benzene rings is 2. The summed E-state index contributed by atoms with van der Waals surface area (Å²) in [5.74, 6) is -0.0754. The second kappa shape index (κ2) is 5.88. The van der Waals surface area contributed by atoms with Gasteiger partial charge in [0.1, 0.15) is 0 Å². The van der Waals surface area contributed by atoms with Crippen molar-refractivity contribution in [1.82, 2.24) is 15.1 Å². The van der Waals surface area contributed by atoms with Gasteiger partial charge >= 0.3 is 0 Å². The number of nitrogens with one attached hydrogen (secondary N) is 1. The molecule has 4 heteroatoms. The Labute approximate surface area is 136 Å². The molecule has 23 heavy (non-hydrogen) atoms. The van der Waals surface area contributed by atoms with Crippen LogP contribution in [0, 0.1) is 13.8 Å². The lowest BCUT2D eigenvalue weighted by atomic mass is 9.99. The van der Waals surface area contributed by atoms with Gasteiger partial charge in [-0.25, -0.2) is 0 Å². The largest absolute Gasteiger partial charge is 0.345 e. The van der Waals surface area contributed by atoms with Gasteiger partial charge in [-0.2, -0.15) is 5.10 Å². The van der Waals surface area contributed by atoms with Crippen LogP contribution in [0.1, 0.15) is 40.3 Å². The Kier molecular flexibility index (Phi) is 3.90. The molecule has 118 valence electrons. The lowest BCUT2D eigenvalue weighted by Crippen LogP contribution is -2.27. The number of hydrogen-bond donors (Lipinski definition) is 1. The lowest BCUT2D eigenvalue weighted by Gasteiger charge is -2.17. The minimum absolute atomic E-state index is 0.0754. The van der Waals surface area contributed by atoms with Crippen LogP contribution in [-0.2, 0) is 7.05 Å². The normalized spacial score (nSPS) is 12.3. The lowest BCUT2D eigenvalue weighted by molar-refractivity contribution is 0.0939. The molecular formula is C19H21N3O. The Morgan fingerprint density at radius 3 is 2.52 bits per heavy atom. The van der Waals surface area contributed by atoms with Gasteiger partial charge in [-0.1, -0.05) is 42.5 Å². The zero-order valence-electron chi connectivity index (χ0n) is 13.9. The van der Waals surface area contributed by atoms with Gasteiger partial charge in [-0.15, -0.1) is 0 Å². The molecule has 2 aromatic carbocycles. The first-order valence-electron chi connectivity index (χ1n) is 7.77. The predicted octanol–water partition coefficient (Wildman–Crippen LogP) is 3.68. The quantitative estimate of drug-likeness (QED) is 0.802. The van der Waals surface area contributed by atoms with E-state index in [1.807, 2.05) is 46.0 Å². The van der Waals surface area contributed by atoms with Crippen molar-refractivity contribution in [3.8, 4) is 0 Å².